The van der Waals surface area contributed by atoms with E-state index in [0.29, 0.717) is 17.2 Å². The van der Waals surface area contributed by atoms with Gasteiger partial charge in [0.2, 0.25) is 0 Å². The molecule has 0 unspecified atom stereocenters. The lowest BCUT2D eigenvalue weighted by atomic mass is 10.3. The summed E-state index contributed by atoms with van der Waals surface area (Å²) in [7, 11) is 1.56. The average Bonchev–Trinajstić information content (AvgIpc) is 2.48. The molecule has 0 aliphatic heterocycles. The van der Waals surface area contributed by atoms with Crippen LogP contribution in [0.2, 0.25) is 0 Å². The second-order valence-electron chi connectivity index (χ2n) is 3.57. The maximum atomic E-state index is 12.4. The third kappa shape index (κ3) is 3.70. The summed E-state index contributed by atoms with van der Waals surface area (Å²) in [4.78, 5) is 7.49. The molecule has 2 rings (SSSR count). The van der Waals surface area contributed by atoms with Crippen LogP contribution in [0.3, 0.4) is 0 Å². The molecule has 0 heterocycles. The molecule has 0 aromatic heterocycles. The smallest absolute Gasteiger partial charge is 0.433 e. The van der Waals surface area contributed by atoms with Crippen molar-refractivity contribution in [3.63, 3.8) is 0 Å². The molecule has 0 radical (unpaired) electrons. The quantitative estimate of drug-likeness (QED) is 0.625. The fraction of sp³-hybridized carbons (Fsp3) is 0.0714. The van der Waals surface area contributed by atoms with E-state index in [1.807, 2.05) is 6.07 Å². The number of ether oxygens (including phenoxy) is 2. The number of halogens is 1. The van der Waals surface area contributed by atoms with E-state index in [-0.39, 0.29) is 0 Å². The number of hydrogen-bond donors (Lipinski definition) is 0. The monoisotopic (exact) mass is 261 g/mol. The Morgan fingerprint density at radius 1 is 0.947 bits per heavy atom. The highest BCUT2D eigenvalue weighted by Gasteiger charge is 2.06. The van der Waals surface area contributed by atoms with Crippen LogP contribution < -0.4 is 9.47 Å². The molecular formula is C14H12FNO3. The minimum Gasteiger partial charge on any atom is -0.497 e. The van der Waals surface area contributed by atoms with Crippen molar-refractivity contribution in [2.75, 3.05) is 7.11 Å². The first-order valence-corrected chi connectivity index (χ1v) is 5.56. The predicted molar refractivity (Wildman–Crippen MR) is 69.4 cm³/mol. The molecule has 2 aromatic rings. The van der Waals surface area contributed by atoms with Crippen LogP contribution in [-0.4, -0.2) is 13.2 Å². The van der Waals surface area contributed by atoms with E-state index in [1.54, 1.807) is 55.6 Å². The van der Waals surface area contributed by atoms with Crippen LogP contribution in [-0.2, 0) is 4.94 Å². The summed E-state index contributed by atoms with van der Waals surface area (Å²) in [5.41, 5.74) is 0.531. The van der Waals surface area contributed by atoms with Crippen molar-refractivity contribution >= 4 is 11.8 Å². The van der Waals surface area contributed by atoms with E-state index in [9.17, 15) is 4.53 Å². The van der Waals surface area contributed by atoms with E-state index in [1.165, 1.54) is 0 Å². The van der Waals surface area contributed by atoms with E-state index in [4.69, 9.17) is 9.47 Å². The van der Waals surface area contributed by atoms with Crippen molar-refractivity contribution in [2.45, 2.75) is 0 Å². The summed E-state index contributed by atoms with van der Waals surface area (Å²) >= 11 is 0. The molecule has 0 aliphatic rings. The summed E-state index contributed by atoms with van der Waals surface area (Å²) in [5.74, 6) is 1.07. The van der Waals surface area contributed by atoms with Gasteiger partial charge in [-0.3, -0.25) is 0 Å². The number of rotatable bonds is 3. The fourth-order valence-corrected chi connectivity index (χ4v) is 1.41. The molecule has 5 heteroatoms. The van der Waals surface area contributed by atoms with E-state index < -0.39 is 6.08 Å². The van der Waals surface area contributed by atoms with Gasteiger partial charge in [0.1, 0.15) is 11.5 Å². The molecule has 0 atom stereocenters. The van der Waals surface area contributed by atoms with Gasteiger partial charge in [0.25, 0.3) is 0 Å². The van der Waals surface area contributed by atoms with Crippen LogP contribution in [0.4, 0.5) is 10.2 Å². The average molecular weight is 261 g/mol. The fourth-order valence-electron chi connectivity index (χ4n) is 1.41. The zero-order valence-electron chi connectivity index (χ0n) is 10.2. The topological polar surface area (TPSA) is 40.0 Å². The van der Waals surface area contributed by atoms with Crippen molar-refractivity contribution in [3.8, 4) is 11.5 Å². The van der Waals surface area contributed by atoms with Gasteiger partial charge in [-0.15, -0.1) is 0 Å². The Morgan fingerprint density at radius 3 is 2.16 bits per heavy atom. The highest BCUT2D eigenvalue weighted by molar-refractivity contribution is 5.73. The lowest BCUT2D eigenvalue weighted by molar-refractivity contribution is -0.0464. The summed E-state index contributed by atoms with van der Waals surface area (Å²) in [6, 6.07) is 15.4. The third-order valence-corrected chi connectivity index (χ3v) is 2.31. The Hall–Kier alpha value is -2.56. The van der Waals surface area contributed by atoms with Gasteiger partial charge in [0, 0.05) is 4.53 Å². The lowest BCUT2D eigenvalue weighted by Crippen LogP contribution is -2.08. The molecule has 4 nitrogen and oxygen atoms in total. The normalized spacial score (nSPS) is 10.9. The molecule has 0 amide bonds. The standard InChI is InChI=1S/C14H12FNO3/c1-17-12-7-9-13(10-8-12)18-14(19-15)16-11-5-3-2-4-6-11/h2-10H,1H3. The zero-order valence-corrected chi connectivity index (χ0v) is 10.2. The predicted octanol–water partition coefficient (Wildman–Crippen LogP) is 3.66. The minimum absolute atomic E-state index is 0.396. The highest BCUT2D eigenvalue weighted by atomic mass is 19.3. The van der Waals surface area contributed by atoms with Crippen molar-refractivity contribution < 1.29 is 18.9 Å². The van der Waals surface area contributed by atoms with Crippen LogP contribution in [0.25, 0.3) is 0 Å². The Kier molecular flexibility index (Phi) is 4.34. The second-order valence-corrected chi connectivity index (χ2v) is 3.57. The molecule has 0 aliphatic carbocycles. The van der Waals surface area contributed by atoms with Crippen LogP contribution in [0.15, 0.2) is 59.6 Å². The van der Waals surface area contributed by atoms with Crippen LogP contribution in [0.1, 0.15) is 0 Å². The summed E-state index contributed by atoms with van der Waals surface area (Å²) < 4.78 is 22.6. The molecule has 2 aromatic carbocycles. The molecule has 0 fully saturated rings. The molecule has 98 valence electrons. The maximum Gasteiger partial charge on any atom is 0.433 e. The van der Waals surface area contributed by atoms with Gasteiger partial charge in [-0.05, 0) is 36.4 Å². The molecule has 0 saturated heterocycles. The summed E-state index contributed by atoms with van der Waals surface area (Å²) in [6.07, 6.45) is -0.476. The molecule has 0 saturated carbocycles. The number of aliphatic imine (C=N–C) groups is 1. The van der Waals surface area contributed by atoms with E-state index >= 15 is 0 Å². The molecule has 0 N–H and O–H groups in total. The Morgan fingerprint density at radius 2 is 1.58 bits per heavy atom. The Bertz CT molecular complexity index is 540. The van der Waals surface area contributed by atoms with Crippen molar-refractivity contribution in [3.05, 3.63) is 54.6 Å². The first-order valence-electron chi connectivity index (χ1n) is 5.56. The van der Waals surface area contributed by atoms with Crippen LogP contribution in [0.5, 0.6) is 11.5 Å². The van der Waals surface area contributed by atoms with Gasteiger partial charge in [-0.2, -0.15) is 4.99 Å². The van der Waals surface area contributed by atoms with Gasteiger partial charge >= 0.3 is 6.08 Å². The van der Waals surface area contributed by atoms with E-state index in [2.05, 4.69) is 9.93 Å². The molecular weight excluding hydrogens is 249 g/mol. The first kappa shape index (κ1) is 12.9. The largest absolute Gasteiger partial charge is 0.497 e. The summed E-state index contributed by atoms with van der Waals surface area (Å²) in [6.45, 7) is 0. The Labute approximate surface area is 110 Å². The van der Waals surface area contributed by atoms with Crippen LogP contribution >= 0.6 is 0 Å². The van der Waals surface area contributed by atoms with Gasteiger partial charge in [-0.25, -0.2) is 4.94 Å². The van der Waals surface area contributed by atoms with Crippen LogP contribution in [0, 0.1) is 0 Å². The van der Waals surface area contributed by atoms with E-state index in [0.717, 1.165) is 0 Å². The molecule has 0 spiro atoms. The molecule has 19 heavy (non-hydrogen) atoms. The summed E-state index contributed by atoms with van der Waals surface area (Å²) in [5, 5.41) is 0. The Balaban J connectivity index is 2.12. The van der Waals surface area contributed by atoms with Crippen molar-refractivity contribution in [1.29, 1.82) is 0 Å². The molecule has 0 bridgehead atoms. The van der Waals surface area contributed by atoms with Gasteiger partial charge in [0.05, 0.1) is 12.8 Å². The SMILES string of the molecule is COc1ccc(OC(=Nc2ccccc2)OF)cc1. The zero-order chi connectivity index (χ0) is 13.5. The first-order chi connectivity index (χ1) is 9.31. The van der Waals surface area contributed by atoms with Gasteiger partial charge in [-0.1, -0.05) is 18.2 Å². The minimum atomic E-state index is -0.476. The van der Waals surface area contributed by atoms with Gasteiger partial charge in [0.15, 0.2) is 0 Å². The van der Waals surface area contributed by atoms with Crippen molar-refractivity contribution in [2.24, 2.45) is 4.99 Å². The lowest BCUT2D eigenvalue weighted by Gasteiger charge is -2.05. The number of methoxy groups -OCH3 is 1. The number of hydrogen-bond acceptors (Lipinski definition) is 4. The maximum absolute atomic E-state index is 12.4. The number of nitrogens with zero attached hydrogens (tertiary/aromatic N) is 1. The number of benzene rings is 2. The second kappa shape index (κ2) is 6.39. The van der Waals surface area contributed by atoms with Gasteiger partial charge < -0.3 is 9.47 Å². The third-order valence-electron chi connectivity index (χ3n) is 2.31. The number of para-hydroxylation sites is 1. The highest BCUT2D eigenvalue weighted by Crippen LogP contribution is 2.18. The van der Waals surface area contributed by atoms with Crippen molar-refractivity contribution in [1.82, 2.24) is 0 Å².